The fourth-order valence-corrected chi connectivity index (χ4v) is 5.16. The van der Waals surface area contributed by atoms with Crippen molar-refractivity contribution in [2.75, 3.05) is 13.1 Å². The Hall–Kier alpha value is -2.43. The van der Waals surface area contributed by atoms with Crippen LogP contribution in [0.4, 0.5) is 4.79 Å². The highest BCUT2D eigenvalue weighted by molar-refractivity contribution is 8.26. The molecule has 0 bridgehead atoms. The largest absolute Gasteiger partial charge is 0.481 e. The number of thioether (sulfide) groups is 2. The maximum atomic E-state index is 12.4. The highest BCUT2D eigenvalue weighted by Crippen LogP contribution is 2.34. The van der Waals surface area contributed by atoms with Gasteiger partial charge in [0.15, 0.2) is 0 Å². The monoisotopic (exact) mass is 476 g/mol. The van der Waals surface area contributed by atoms with E-state index in [2.05, 4.69) is 0 Å². The van der Waals surface area contributed by atoms with Gasteiger partial charge in [-0.3, -0.25) is 29.0 Å². The molecule has 10 heteroatoms. The second kappa shape index (κ2) is 10.3. The highest BCUT2D eigenvalue weighted by Gasteiger charge is 2.34. The number of rotatable bonds is 8. The van der Waals surface area contributed by atoms with E-state index >= 15 is 0 Å². The maximum absolute atomic E-state index is 12.4. The van der Waals surface area contributed by atoms with Gasteiger partial charge in [0, 0.05) is 19.5 Å². The van der Waals surface area contributed by atoms with Crippen LogP contribution in [0.15, 0.2) is 34.1 Å². The molecule has 0 spiro atoms. The van der Waals surface area contributed by atoms with E-state index in [0.29, 0.717) is 20.7 Å². The molecular formula is C21H20N2O5S3. The fourth-order valence-electron chi connectivity index (χ4n) is 2.99. The summed E-state index contributed by atoms with van der Waals surface area (Å²) in [6.45, 7) is 2.68. The molecule has 0 saturated carbocycles. The molecule has 2 aliphatic rings. The average molecular weight is 477 g/mol. The summed E-state index contributed by atoms with van der Waals surface area (Å²) < 4.78 is 0.564. The minimum atomic E-state index is -0.963. The van der Waals surface area contributed by atoms with Gasteiger partial charge in [-0.25, -0.2) is 0 Å². The summed E-state index contributed by atoms with van der Waals surface area (Å²) >= 11 is 7.40. The number of carboxylic acids is 1. The summed E-state index contributed by atoms with van der Waals surface area (Å²) in [6.07, 6.45) is 4.38. The molecule has 3 rings (SSSR count). The molecule has 2 saturated heterocycles. The molecule has 0 aliphatic carbocycles. The lowest BCUT2D eigenvalue weighted by Gasteiger charge is -2.11. The lowest BCUT2D eigenvalue weighted by Crippen LogP contribution is -2.29. The lowest BCUT2D eigenvalue weighted by molar-refractivity contribution is -0.137. The molecule has 0 radical (unpaired) electrons. The molecule has 162 valence electrons. The van der Waals surface area contributed by atoms with Crippen molar-refractivity contribution in [3.63, 3.8) is 0 Å². The summed E-state index contributed by atoms with van der Waals surface area (Å²) in [5.41, 5.74) is 1.57. The number of hydrogen-bond donors (Lipinski definition) is 1. The van der Waals surface area contributed by atoms with E-state index in [4.69, 9.17) is 17.3 Å². The number of carbonyl (C=O) groups is 4. The van der Waals surface area contributed by atoms with Crippen molar-refractivity contribution in [2.24, 2.45) is 0 Å². The van der Waals surface area contributed by atoms with Crippen LogP contribution in [-0.4, -0.2) is 55.3 Å². The minimum Gasteiger partial charge on any atom is -0.481 e. The molecule has 1 aromatic rings. The van der Waals surface area contributed by atoms with Crippen molar-refractivity contribution >= 4 is 75.2 Å². The summed E-state index contributed by atoms with van der Waals surface area (Å²) in [5, 5.41) is 8.31. The van der Waals surface area contributed by atoms with Crippen LogP contribution in [0.5, 0.6) is 0 Å². The summed E-state index contributed by atoms with van der Waals surface area (Å²) in [7, 11) is 0. The SMILES string of the molecule is CCCN1C(=O)C(=Cc2ccc(C=C3SC(=O)N(CCCC(=O)O)C3=O)cc2)SC1=S. The molecule has 7 nitrogen and oxygen atoms in total. The summed E-state index contributed by atoms with van der Waals surface area (Å²) in [5.74, 6) is -1.46. The predicted octanol–water partition coefficient (Wildman–Crippen LogP) is 4.20. The van der Waals surface area contributed by atoms with Gasteiger partial charge in [-0.1, -0.05) is 55.2 Å². The number of hydrogen-bond acceptors (Lipinski definition) is 7. The van der Waals surface area contributed by atoms with Crippen molar-refractivity contribution in [1.82, 2.24) is 9.80 Å². The van der Waals surface area contributed by atoms with Crippen molar-refractivity contribution in [3.05, 3.63) is 45.2 Å². The molecule has 2 aliphatic heterocycles. The van der Waals surface area contributed by atoms with E-state index in [9.17, 15) is 19.2 Å². The van der Waals surface area contributed by atoms with Gasteiger partial charge in [0.05, 0.1) is 9.81 Å². The Balaban J connectivity index is 1.68. The van der Waals surface area contributed by atoms with E-state index < -0.39 is 17.1 Å². The van der Waals surface area contributed by atoms with E-state index in [0.717, 1.165) is 34.2 Å². The fraction of sp³-hybridized carbons (Fsp3) is 0.286. The molecule has 31 heavy (non-hydrogen) atoms. The van der Waals surface area contributed by atoms with E-state index in [1.807, 2.05) is 19.1 Å². The number of amides is 3. The zero-order chi connectivity index (χ0) is 22.5. The second-order valence-corrected chi connectivity index (χ2v) is 9.50. The van der Waals surface area contributed by atoms with Gasteiger partial charge >= 0.3 is 5.97 Å². The molecule has 0 unspecified atom stereocenters. The van der Waals surface area contributed by atoms with Crippen LogP contribution in [0.3, 0.4) is 0 Å². The number of carboxylic acid groups (broad SMARTS) is 1. The Morgan fingerprint density at radius 1 is 0.968 bits per heavy atom. The first kappa shape index (κ1) is 23.2. The average Bonchev–Trinajstić information content (AvgIpc) is 3.13. The van der Waals surface area contributed by atoms with Gasteiger partial charge in [-0.2, -0.15) is 0 Å². The van der Waals surface area contributed by atoms with E-state index in [1.54, 1.807) is 29.2 Å². The van der Waals surface area contributed by atoms with Crippen molar-refractivity contribution in [3.8, 4) is 0 Å². The van der Waals surface area contributed by atoms with Gasteiger partial charge in [0.1, 0.15) is 4.32 Å². The number of nitrogens with zero attached hydrogens (tertiary/aromatic N) is 2. The molecule has 2 heterocycles. The van der Waals surface area contributed by atoms with Crippen LogP contribution < -0.4 is 0 Å². The molecule has 1 N–H and O–H groups in total. The first-order valence-electron chi connectivity index (χ1n) is 9.62. The van der Waals surface area contributed by atoms with E-state index in [-0.39, 0.29) is 25.3 Å². The number of carbonyl (C=O) groups excluding carboxylic acids is 3. The summed E-state index contributed by atoms with van der Waals surface area (Å²) in [4.78, 5) is 51.1. The quantitative estimate of drug-likeness (QED) is 0.441. The standard InChI is InChI=1S/C21H20N2O5S3/c1-2-9-23-19(27)16(31-21(23)29)12-14-7-5-13(6-8-14)11-15-18(26)22(20(28)30-15)10-3-4-17(24)25/h5-8,11-12H,2-4,9-10H2,1H3,(H,24,25). The topological polar surface area (TPSA) is 95.0 Å². The van der Waals surface area contributed by atoms with Crippen LogP contribution in [-0.2, 0) is 14.4 Å². The van der Waals surface area contributed by atoms with Crippen LogP contribution in [0.1, 0.15) is 37.3 Å². The number of aliphatic carboxylic acids is 1. The number of imide groups is 1. The first-order chi connectivity index (χ1) is 14.8. The zero-order valence-corrected chi connectivity index (χ0v) is 19.1. The van der Waals surface area contributed by atoms with Crippen LogP contribution in [0.25, 0.3) is 12.2 Å². The zero-order valence-electron chi connectivity index (χ0n) is 16.7. The molecular weight excluding hydrogens is 456 g/mol. The van der Waals surface area contributed by atoms with E-state index in [1.165, 1.54) is 11.8 Å². The Kier molecular flexibility index (Phi) is 7.69. The van der Waals surface area contributed by atoms with Crippen molar-refractivity contribution in [2.45, 2.75) is 26.2 Å². The number of benzene rings is 1. The molecule has 0 atom stereocenters. The Morgan fingerprint density at radius 2 is 1.52 bits per heavy atom. The van der Waals surface area contributed by atoms with Crippen LogP contribution >= 0.6 is 35.7 Å². The third-order valence-electron chi connectivity index (χ3n) is 4.50. The normalized spacial score (nSPS) is 19.4. The van der Waals surface area contributed by atoms with Gasteiger partial charge in [0.2, 0.25) is 0 Å². The van der Waals surface area contributed by atoms with Gasteiger partial charge < -0.3 is 5.11 Å². The third kappa shape index (κ3) is 5.63. The molecule has 1 aromatic carbocycles. The Morgan fingerprint density at radius 3 is 2.06 bits per heavy atom. The van der Waals surface area contributed by atoms with Gasteiger partial charge in [-0.15, -0.1) is 0 Å². The first-order valence-corrected chi connectivity index (χ1v) is 11.7. The van der Waals surface area contributed by atoms with Crippen molar-refractivity contribution in [1.29, 1.82) is 0 Å². The highest BCUT2D eigenvalue weighted by atomic mass is 32.2. The third-order valence-corrected chi connectivity index (χ3v) is 6.78. The van der Waals surface area contributed by atoms with Crippen LogP contribution in [0.2, 0.25) is 0 Å². The predicted molar refractivity (Wildman–Crippen MR) is 126 cm³/mol. The number of thiocarbonyl (C=S) groups is 1. The second-order valence-electron chi connectivity index (χ2n) is 6.83. The summed E-state index contributed by atoms with van der Waals surface area (Å²) in [6, 6.07) is 7.26. The molecule has 0 aromatic heterocycles. The Bertz CT molecular complexity index is 1000. The Labute approximate surface area is 193 Å². The lowest BCUT2D eigenvalue weighted by atomic mass is 10.1. The minimum absolute atomic E-state index is 0.0856. The van der Waals surface area contributed by atoms with Gasteiger partial charge in [-0.05, 0) is 47.9 Å². The maximum Gasteiger partial charge on any atom is 0.303 e. The van der Waals surface area contributed by atoms with Gasteiger partial charge in [0.25, 0.3) is 17.1 Å². The van der Waals surface area contributed by atoms with Crippen LogP contribution in [0, 0.1) is 0 Å². The molecule has 2 fully saturated rings. The molecule has 3 amide bonds. The smallest absolute Gasteiger partial charge is 0.303 e. The van der Waals surface area contributed by atoms with Crippen molar-refractivity contribution < 1.29 is 24.3 Å².